The van der Waals surface area contributed by atoms with Crippen molar-refractivity contribution in [3.63, 3.8) is 0 Å². The third-order valence-electron chi connectivity index (χ3n) is 6.29. The predicted octanol–water partition coefficient (Wildman–Crippen LogP) is 0.886. The minimum atomic E-state index is -0.614. The van der Waals surface area contributed by atoms with Crippen LogP contribution < -0.4 is 10.6 Å². The highest BCUT2D eigenvalue weighted by atomic mass is 16.2. The number of piperidine rings is 1. The average Bonchev–Trinajstić information content (AvgIpc) is 2.76. The fourth-order valence-electron chi connectivity index (χ4n) is 4.89. The summed E-state index contributed by atoms with van der Waals surface area (Å²) in [6, 6.07) is 1.39. The highest BCUT2D eigenvalue weighted by molar-refractivity contribution is 5.85. The second kappa shape index (κ2) is 5.45. The lowest BCUT2D eigenvalue weighted by Gasteiger charge is -2.27. The minimum Gasteiger partial charge on any atom is -0.351 e. The van der Waals surface area contributed by atoms with E-state index in [1.807, 2.05) is 20.9 Å². The standard InChI is InChI=1S/C18H28N4O2/c1-17(2)7-10(15(23)21-17)6-11(8-19)20-16(24)14-13-12(9-22(14)5)18(13,3)4/h10-14H,6-7,9H2,1-5H3,(H,20,24)(H,21,23). The largest absolute Gasteiger partial charge is 0.351 e. The van der Waals surface area contributed by atoms with Gasteiger partial charge in [0, 0.05) is 18.0 Å². The van der Waals surface area contributed by atoms with Crippen molar-refractivity contribution >= 4 is 11.8 Å². The average molecular weight is 332 g/mol. The summed E-state index contributed by atoms with van der Waals surface area (Å²) in [6.45, 7) is 9.32. The van der Waals surface area contributed by atoms with Gasteiger partial charge in [0.2, 0.25) is 11.8 Å². The Bertz CT molecular complexity index is 607. The molecule has 0 aromatic carbocycles. The summed E-state index contributed by atoms with van der Waals surface area (Å²) in [5.41, 5.74) is -0.0191. The van der Waals surface area contributed by atoms with Gasteiger partial charge in [-0.25, -0.2) is 0 Å². The predicted molar refractivity (Wildman–Crippen MR) is 89.7 cm³/mol. The number of hydrogen-bond acceptors (Lipinski definition) is 4. The van der Waals surface area contributed by atoms with Gasteiger partial charge in [0.05, 0.1) is 12.1 Å². The first-order chi connectivity index (χ1) is 11.1. The number of carbonyl (C=O) groups excluding carboxylic acids is 2. The van der Waals surface area contributed by atoms with Crippen LogP contribution >= 0.6 is 0 Å². The summed E-state index contributed by atoms with van der Waals surface area (Å²) in [4.78, 5) is 26.9. The van der Waals surface area contributed by atoms with Gasteiger partial charge in [-0.05, 0) is 51.0 Å². The first-order valence-corrected chi connectivity index (χ1v) is 8.79. The molecule has 5 atom stereocenters. The molecule has 0 radical (unpaired) electrons. The Balaban J connectivity index is 1.61. The molecule has 6 nitrogen and oxygen atoms in total. The van der Waals surface area contributed by atoms with E-state index in [2.05, 4.69) is 35.5 Å². The van der Waals surface area contributed by atoms with Crippen LogP contribution in [0, 0.1) is 34.5 Å². The van der Waals surface area contributed by atoms with E-state index in [1.54, 1.807) is 0 Å². The molecule has 24 heavy (non-hydrogen) atoms. The second-order valence-electron chi connectivity index (χ2n) is 9.04. The smallest absolute Gasteiger partial charge is 0.238 e. The molecule has 2 N–H and O–H groups in total. The molecule has 2 saturated heterocycles. The lowest BCUT2D eigenvalue weighted by Crippen LogP contribution is -2.49. The van der Waals surface area contributed by atoms with Crippen molar-refractivity contribution < 1.29 is 9.59 Å². The molecule has 3 fully saturated rings. The van der Waals surface area contributed by atoms with E-state index in [9.17, 15) is 14.9 Å². The highest BCUT2D eigenvalue weighted by Crippen LogP contribution is 2.64. The Morgan fingerprint density at radius 1 is 1.46 bits per heavy atom. The summed E-state index contributed by atoms with van der Waals surface area (Å²) in [6.07, 6.45) is 1.08. The van der Waals surface area contributed by atoms with Crippen molar-refractivity contribution in [1.82, 2.24) is 15.5 Å². The van der Waals surface area contributed by atoms with Crippen molar-refractivity contribution in [3.05, 3.63) is 0 Å². The normalized spacial score (nSPS) is 37.2. The minimum absolute atomic E-state index is 0.0177. The molecule has 5 unspecified atom stereocenters. The summed E-state index contributed by atoms with van der Waals surface area (Å²) in [7, 11) is 1.97. The van der Waals surface area contributed by atoms with Crippen molar-refractivity contribution in [2.45, 2.75) is 58.2 Å². The zero-order chi connectivity index (χ0) is 17.9. The van der Waals surface area contributed by atoms with Crippen LogP contribution in [0.3, 0.4) is 0 Å². The lowest BCUT2D eigenvalue weighted by atomic mass is 9.91. The van der Waals surface area contributed by atoms with Crippen LogP contribution in [0.1, 0.15) is 40.5 Å². The molecule has 1 saturated carbocycles. The molecule has 2 amide bonds. The molecule has 2 aliphatic heterocycles. The summed E-state index contributed by atoms with van der Waals surface area (Å²) >= 11 is 0. The fraction of sp³-hybridized carbons (Fsp3) is 0.833. The SMILES string of the molecule is CN1CC2C(C1C(=O)NC(C#N)CC1CC(C)(C)NC1=O)C2(C)C. The molecule has 0 aromatic rings. The third kappa shape index (κ3) is 2.79. The number of hydrogen-bond donors (Lipinski definition) is 2. The maximum Gasteiger partial charge on any atom is 0.238 e. The van der Waals surface area contributed by atoms with Crippen LogP contribution in [0.25, 0.3) is 0 Å². The maximum absolute atomic E-state index is 12.7. The number of fused-ring (bicyclic) bond motifs is 1. The van der Waals surface area contributed by atoms with Crippen LogP contribution in [0.2, 0.25) is 0 Å². The van der Waals surface area contributed by atoms with E-state index in [0.29, 0.717) is 24.7 Å². The van der Waals surface area contributed by atoms with Gasteiger partial charge >= 0.3 is 0 Å². The Labute approximate surface area is 144 Å². The van der Waals surface area contributed by atoms with Crippen LogP contribution in [-0.4, -0.2) is 47.9 Å². The van der Waals surface area contributed by atoms with Gasteiger partial charge in [-0.2, -0.15) is 5.26 Å². The topological polar surface area (TPSA) is 85.2 Å². The number of rotatable bonds is 4. The number of likely N-dealkylation sites (N-methyl/N-ethyl adjacent to an activating group) is 1. The summed E-state index contributed by atoms with van der Waals surface area (Å²) in [5.74, 6) is 0.641. The molecular formula is C18H28N4O2. The van der Waals surface area contributed by atoms with Gasteiger partial charge in [-0.3, -0.25) is 14.5 Å². The Morgan fingerprint density at radius 3 is 2.62 bits per heavy atom. The Kier molecular flexibility index (Phi) is 3.91. The van der Waals surface area contributed by atoms with Gasteiger partial charge < -0.3 is 10.6 Å². The van der Waals surface area contributed by atoms with E-state index in [0.717, 1.165) is 6.54 Å². The number of nitrogens with one attached hydrogen (secondary N) is 2. The molecule has 0 spiro atoms. The molecule has 0 aromatic heterocycles. The van der Waals surface area contributed by atoms with Gasteiger partial charge in [0.1, 0.15) is 6.04 Å². The van der Waals surface area contributed by atoms with Gasteiger partial charge in [0.15, 0.2) is 0 Å². The van der Waals surface area contributed by atoms with Crippen molar-refractivity contribution in [3.8, 4) is 6.07 Å². The molecule has 3 aliphatic rings. The maximum atomic E-state index is 12.7. The van der Waals surface area contributed by atoms with Crippen molar-refractivity contribution in [1.29, 1.82) is 5.26 Å². The van der Waals surface area contributed by atoms with E-state index in [-0.39, 0.29) is 34.7 Å². The monoisotopic (exact) mass is 332 g/mol. The Hall–Kier alpha value is -1.61. The number of amides is 2. The molecule has 6 heteroatoms. The van der Waals surface area contributed by atoms with E-state index in [4.69, 9.17) is 0 Å². The zero-order valence-electron chi connectivity index (χ0n) is 15.2. The molecule has 2 heterocycles. The van der Waals surface area contributed by atoms with Gasteiger partial charge in [-0.1, -0.05) is 13.8 Å². The molecule has 132 valence electrons. The van der Waals surface area contributed by atoms with Crippen LogP contribution in [-0.2, 0) is 9.59 Å². The van der Waals surface area contributed by atoms with Crippen molar-refractivity contribution in [2.24, 2.45) is 23.2 Å². The third-order valence-corrected chi connectivity index (χ3v) is 6.29. The fourth-order valence-corrected chi connectivity index (χ4v) is 4.89. The molecule has 1 aliphatic carbocycles. The van der Waals surface area contributed by atoms with Crippen LogP contribution in [0.4, 0.5) is 0 Å². The number of nitrogens with zero attached hydrogens (tertiary/aromatic N) is 2. The van der Waals surface area contributed by atoms with Gasteiger partial charge in [0.25, 0.3) is 0 Å². The lowest BCUT2D eigenvalue weighted by molar-refractivity contribution is -0.127. The first kappa shape index (κ1) is 17.2. The summed E-state index contributed by atoms with van der Waals surface area (Å²) < 4.78 is 0. The molecule has 3 rings (SSSR count). The second-order valence-corrected chi connectivity index (χ2v) is 9.04. The number of likely N-dealkylation sites (tertiary alicyclic amines) is 1. The van der Waals surface area contributed by atoms with Gasteiger partial charge in [-0.15, -0.1) is 0 Å². The van der Waals surface area contributed by atoms with E-state index in [1.165, 1.54) is 0 Å². The van der Waals surface area contributed by atoms with E-state index < -0.39 is 6.04 Å². The number of nitriles is 1. The zero-order valence-corrected chi connectivity index (χ0v) is 15.2. The molecule has 0 bridgehead atoms. The molecular weight excluding hydrogens is 304 g/mol. The number of carbonyl (C=O) groups is 2. The quantitative estimate of drug-likeness (QED) is 0.800. The Morgan fingerprint density at radius 2 is 2.12 bits per heavy atom. The van der Waals surface area contributed by atoms with E-state index >= 15 is 0 Å². The van der Waals surface area contributed by atoms with Crippen molar-refractivity contribution in [2.75, 3.05) is 13.6 Å². The van der Waals surface area contributed by atoms with Crippen LogP contribution in [0.15, 0.2) is 0 Å². The van der Waals surface area contributed by atoms with Crippen LogP contribution in [0.5, 0.6) is 0 Å². The summed E-state index contributed by atoms with van der Waals surface area (Å²) in [5, 5.41) is 15.3. The highest BCUT2D eigenvalue weighted by Gasteiger charge is 2.67. The first-order valence-electron chi connectivity index (χ1n) is 8.79.